The second-order valence-corrected chi connectivity index (χ2v) is 29.4. The maximum Gasteiger partial charge on any atom is 0.472 e. The second kappa shape index (κ2) is 84.8. The minimum Gasteiger partial charge on any atom is -0.462 e. The molecule has 0 aliphatic rings. The van der Waals surface area contributed by atoms with Crippen LogP contribution in [0.5, 0.6) is 0 Å². The molecule has 10 heteroatoms. The first kappa shape index (κ1) is 96.9. The Kier molecular flexibility index (Phi) is 81.4. The fourth-order valence-electron chi connectivity index (χ4n) is 12.0. The van der Waals surface area contributed by atoms with Gasteiger partial charge >= 0.3 is 19.8 Å². The van der Waals surface area contributed by atoms with Crippen molar-refractivity contribution in [3.05, 3.63) is 146 Å². The standard InChI is InChI=1S/C91H158NO8P/c1-3-5-7-9-11-13-15-17-19-21-23-25-27-29-31-33-35-37-39-41-43-44-46-48-50-52-54-56-58-60-62-64-66-68-70-72-74-76-78-80-82-84-91(94)100-89(88-99-101(95,96)98-86-85-92)87-97-90(93)83-81-79-77-75-73-71-69-67-65-63-61-59-57-55-53-51-49-47-45-42-40-38-36-34-32-30-28-26-24-22-20-18-16-14-12-10-8-6-4-2/h5,7,11,13,17,19,23,25,29,31,35,37,41,43,46,48,52,54,58,60,64,66,70,72,89H,3-4,6,8-10,12,14-16,18,20-22,24,26-28,30,32-34,36,38-40,42,44-45,47,49-51,53,55-57,59,61-63,65,67-69,71,73-88,92H2,1-2H3,(H,95,96)/b7-5-,13-11-,19-17-,25-23-,31-29-,37-35-,43-41-,48-46-,54-52-,60-58-,66-64-,72-70-. The zero-order chi connectivity index (χ0) is 72.9. The molecule has 0 radical (unpaired) electrons. The summed E-state index contributed by atoms with van der Waals surface area (Å²) in [5, 5.41) is 0. The highest BCUT2D eigenvalue weighted by Gasteiger charge is 2.26. The monoisotopic (exact) mass is 1420 g/mol. The van der Waals surface area contributed by atoms with E-state index in [1.165, 1.54) is 231 Å². The van der Waals surface area contributed by atoms with Gasteiger partial charge in [-0.3, -0.25) is 18.6 Å². The van der Waals surface area contributed by atoms with Crippen LogP contribution >= 0.6 is 7.82 Å². The molecule has 0 fully saturated rings. The Bertz CT molecular complexity index is 2180. The molecule has 580 valence electrons. The van der Waals surface area contributed by atoms with Crippen LogP contribution in [0.2, 0.25) is 0 Å². The SMILES string of the molecule is CC/C=C\C/C=C\C/C=C\C/C=C\C/C=C\C/C=C\C/C=C\C/C=C\C/C=C\C/C=C\C/C=C\C/C=C\CCCCCCC(=O)OC(COC(=O)CCCCCCCCCCCCCCCCCCCCCCCCCCCCCCCCCCCCCCCCC)COP(=O)(O)OCCN. The Labute approximate surface area is 624 Å². The highest BCUT2D eigenvalue weighted by molar-refractivity contribution is 7.47. The van der Waals surface area contributed by atoms with Crippen LogP contribution in [-0.4, -0.2) is 49.3 Å². The Morgan fingerprint density at radius 3 is 0.812 bits per heavy atom. The third-order valence-corrected chi connectivity index (χ3v) is 19.2. The molecule has 2 atom stereocenters. The van der Waals surface area contributed by atoms with Crippen molar-refractivity contribution >= 4 is 19.8 Å². The largest absolute Gasteiger partial charge is 0.472 e. The van der Waals surface area contributed by atoms with Crippen LogP contribution < -0.4 is 5.73 Å². The average molecular weight is 1430 g/mol. The van der Waals surface area contributed by atoms with Crippen LogP contribution in [0.3, 0.4) is 0 Å². The van der Waals surface area contributed by atoms with Crippen molar-refractivity contribution in [2.24, 2.45) is 5.73 Å². The molecule has 0 amide bonds. The highest BCUT2D eigenvalue weighted by Crippen LogP contribution is 2.43. The molecule has 0 aliphatic carbocycles. The molecule has 0 saturated heterocycles. The van der Waals surface area contributed by atoms with Crippen molar-refractivity contribution in [1.29, 1.82) is 0 Å². The zero-order valence-electron chi connectivity index (χ0n) is 65.6. The van der Waals surface area contributed by atoms with Crippen molar-refractivity contribution < 1.29 is 37.6 Å². The van der Waals surface area contributed by atoms with Gasteiger partial charge in [0, 0.05) is 19.4 Å². The average Bonchev–Trinajstić information content (AvgIpc) is 1.04. The summed E-state index contributed by atoms with van der Waals surface area (Å²) in [5.74, 6) is -0.851. The van der Waals surface area contributed by atoms with Crippen LogP contribution in [0.25, 0.3) is 0 Å². The molecule has 0 spiro atoms. The number of hydrogen-bond acceptors (Lipinski definition) is 8. The third-order valence-electron chi connectivity index (χ3n) is 18.2. The molecule has 0 aromatic heterocycles. The summed E-state index contributed by atoms with van der Waals surface area (Å²) < 4.78 is 33.3. The number of carbonyl (C=O) groups is 2. The Morgan fingerprint density at radius 1 is 0.307 bits per heavy atom. The van der Waals surface area contributed by atoms with E-state index in [0.29, 0.717) is 6.42 Å². The number of rotatable bonds is 79. The molecule has 0 aromatic rings. The maximum atomic E-state index is 12.8. The van der Waals surface area contributed by atoms with Gasteiger partial charge in [0.05, 0.1) is 13.2 Å². The number of ether oxygens (including phenoxy) is 2. The lowest BCUT2D eigenvalue weighted by atomic mass is 10.0. The van der Waals surface area contributed by atoms with Crippen molar-refractivity contribution in [2.75, 3.05) is 26.4 Å². The fraction of sp³-hybridized carbons (Fsp3) is 0.714. The van der Waals surface area contributed by atoms with Gasteiger partial charge in [-0.2, -0.15) is 0 Å². The molecule has 9 nitrogen and oxygen atoms in total. The predicted octanol–water partition coefficient (Wildman–Crippen LogP) is 28.9. The van der Waals surface area contributed by atoms with Gasteiger partial charge in [0.1, 0.15) is 6.61 Å². The number of hydrogen-bond donors (Lipinski definition) is 2. The molecule has 0 bridgehead atoms. The number of carbonyl (C=O) groups excluding carboxylic acids is 2. The first-order valence-electron chi connectivity index (χ1n) is 42.3. The number of phosphoric acid groups is 1. The molecule has 101 heavy (non-hydrogen) atoms. The minimum atomic E-state index is -4.41. The normalized spacial score (nSPS) is 13.6. The number of phosphoric ester groups is 1. The van der Waals surface area contributed by atoms with Gasteiger partial charge in [-0.15, -0.1) is 0 Å². The van der Waals surface area contributed by atoms with Crippen molar-refractivity contribution in [3.63, 3.8) is 0 Å². The molecule has 0 saturated carbocycles. The van der Waals surface area contributed by atoms with Crippen LogP contribution in [0.4, 0.5) is 0 Å². The van der Waals surface area contributed by atoms with Crippen LogP contribution in [-0.2, 0) is 32.7 Å². The van der Waals surface area contributed by atoms with Gasteiger partial charge in [-0.1, -0.05) is 417 Å². The lowest BCUT2D eigenvalue weighted by molar-refractivity contribution is -0.161. The van der Waals surface area contributed by atoms with Gasteiger partial charge in [0.2, 0.25) is 0 Å². The van der Waals surface area contributed by atoms with E-state index in [9.17, 15) is 19.0 Å². The Balaban J connectivity index is 3.88. The Hall–Kier alpha value is -4.11. The molecule has 3 N–H and O–H groups in total. The quantitative estimate of drug-likeness (QED) is 0.0264. The summed E-state index contributed by atoms with van der Waals surface area (Å²) in [6.45, 7) is 3.64. The number of nitrogens with two attached hydrogens (primary N) is 1. The lowest BCUT2D eigenvalue weighted by Gasteiger charge is -2.19. The topological polar surface area (TPSA) is 134 Å². The Morgan fingerprint density at radius 2 is 0.545 bits per heavy atom. The highest BCUT2D eigenvalue weighted by atomic mass is 31.2. The van der Waals surface area contributed by atoms with Crippen LogP contribution in [0, 0.1) is 0 Å². The van der Waals surface area contributed by atoms with Gasteiger partial charge in [0.25, 0.3) is 0 Å². The summed E-state index contributed by atoms with van der Waals surface area (Å²) >= 11 is 0. The summed E-state index contributed by atoms with van der Waals surface area (Å²) in [7, 11) is -4.41. The van der Waals surface area contributed by atoms with Crippen molar-refractivity contribution in [3.8, 4) is 0 Å². The van der Waals surface area contributed by atoms with Gasteiger partial charge in [-0.25, -0.2) is 4.57 Å². The second-order valence-electron chi connectivity index (χ2n) is 28.0. The van der Waals surface area contributed by atoms with Crippen LogP contribution in [0.15, 0.2) is 146 Å². The number of esters is 2. The molecule has 0 aliphatic heterocycles. The number of allylic oxidation sites excluding steroid dienone is 24. The van der Waals surface area contributed by atoms with E-state index in [0.717, 1.165) is 122 Å². The minimum absolute atomic E-state index is 0.0434. The van der Waals surface area contributed by atoms with E-state index in [2.05, 4.69) is 160 Å². The fourth-order valence-corrected chi connectivity index (χ4v) is 12.8. The summed E-state index contributed by atoms with van der Waals surface area (Å²) in [6, 6.07) is 0. The van der Waals surface area contributed by atoms with Crippen molar-refractivity contribution in [2.45, 2.75) is 392 Å². The first-order chi connectivity index (χ1) is 49.8. The van der Waals surface area contributed by atoms with E-state index in [4.69, 9.17) is 24.3 Å². The summed E-state index contributed by atoms with van der Waals surface area (Å²) in [5.41, 5.74) is 5.41. The summed E-state index contributed by atoms with van der Waals surface area (Å²) in [6.07, 6.45) is 123. The van der Waals surface area contributed by atoms with E-state index < -0.39 is 26.5 Å². The van der Waals surface area contributed by atoms with Crippen molar-refractivity contribution in [1.82, 2.24) is 0 Å². The van der Waals surface area contributed by atoms with E-state index >= 15 is 0 Å². The van der Waals surface area contributed by atoms with Gasteiger partial charge in [0.15, 0.2) is 6.10 Å². The molecule has 0 heterocycles. The summed E-state index contributed by atoms with van der Waals surface area (Å²) in [4.78, 5) is 35.5. The van der Waals surface area contributed by atoms with Crippen LogP contribution in [0.1, 0.15) is 386 Å². The molecular formula is C91H158NO8P. The van der Waals surface area contributed by atoms with Gasteiger partial charge in [-0.05, 0) is 103 Å². The van der Waals surface area contributed by atoms with Gasteiger partial charge < -0.3 is 20.1 Å². The number of unbranched alkanes of at least 4 members (excludes halogenated alkanes) is 42. The molecule has 0 rings (SSSR count). The van der Waals surface area contributed by atoms with E-state index in [1.54, 1.807) is 0 Å². The molecular weight excluding hydrogens is 1270 g/mol. The zero-order valence-corrected chi connectivity index (χ0v) is 66.5. The van der Waals surface area contributed by atoms with E-state index in [-0.39, 0.29) is 38.6 Å². The molecule has 2 unspecified atom stereocenters. The first-order valence-corrected chi connectivity index (χ1v) is 43.8. The van der Waals surface area contributed by atoms with E-state index in [1.807, 2.05) is 0 Å². The third kappa shape index (κ3) is 84.7. The predicted molar refractivity (Wildman–Crippen MR) is 440 cm³/mol. The lowest BCUT2D eigenvalue weighted by Crippen LogP contribution is -2.29. The maximum absolute atomic E-state index is 12.8. The molecule has 0 aromatic carbocycles. The smallest absolute Gasteiger partial charge is 0.462 e.